The molecule has 0 saturated carbocycles. The maximum absolute atomic E-state index is 13.6. The number of carboxylic acids is 1. The van der Waals surface area contributed by atoms with E-state index in [1.54, 1.807) is 6.20 Å². The molecule has 200 valence electrons. The zero-order valence-electron chi connectivity index (χ0n) is 20.3. The molecule has 2 N–H and O–H groups in total. The summed E-state index contributed by atoms with van der Waals surface area (Å²) in [6, 6.07) is 7.75. The van der Waals surface area contributed by atoms with Gasteiger partial charge < -0.3 is 14.9 Å². The monoisotopic (exact) mass is 561 g/mol. The fourth-order valence-corrected chi connectivity index (χ4v) is 5.36. The molecule has 5 rings (SSSR count). The van der Waals surface area contributed by atoms with E-state index in [1.807, 2.05) is 0 Å². The third-order valence-electron chi connectivity index (χ3n) is 6.23. The molecule has 0 aliphatic carbocycles. The summed E-state index contributed by atoms with van der Waals surface area (Å²) in [5, 5.41) is 17.3. The molecule has 1 aliphatic rings. The normalized spacial score (nSPS) is 13.3. The maximum atomic E-state index is 13.6. The molecule has 1 aliphatic heterocycles. The quantitative estimate of drug-likeness (QED) is 0.256. The number of carboxylic acid groups (broad SMARTS) is 1. The summed E-state index contributed by atoms with van der Waals surface area (Å²) in [6.45, 7) is 0.950. The van der Waals surface area contributed by atoms with Crippen molar-refractivity contribution < 1.29 is 23.2 Å². The number of aryl methyl sites for hydroxylation is 3. The molecule has 4 aromatic rings. The third-order valence-corrected chi connectivity index (χ3v) is 7.44. The molecule has 0 amide bonds. The second-order valence-electron chi connectivity index (χ2n) is 8.99. The minimum atomic E-state index is -0.973. The molecule has 8 nitrogen and oxygen atoms in total. The highest BCUT2D eigenvalue weighted by Gasteiger charge is 2.23. The summed E-state index contributed by atoms with van der Waals surface area (Å²) in [7, 11) is 0. The van der Waals surface area contributed by atoms with Gasteiger partial charge in [-0.25, -0.2) is 18.7 Å². The second-order valence-corrected chi connectivity index (χ2v) is 10.1. The fraction of sp³-hybridized carbons (Fsp3) is 0.346. The number of anilines is 1. The number of aromatic nitrogens is 4. The summed E-state index contributed by atoms with van der Waals surface area (Å²) in [5.74, 6) is -1.44. The van der Waals surface area contributed by atoms with Crippen LogP contribution in [0, 0.1) is 11.6 Å². The second kappa shape index (κ2) is 12.4. The van der Waals surface area contributed by atoms with Gasteiger partial charge in [0.1, 0.15) is 10.8 Å². The molecule has 0 fully saturated rings. The van der Waals surface area contributed by atoms with E-state index >= 15 is 0 Å². The predicted octanol–water partition coefficient (Wildman–Crippen LogP) is 5.62. The SMILES string of the molecule is Cl.O=C(O)CC(Cc1nc(CCCc2ccc3c(n2)NCCC3)no1)c1cnc(-c2ccc(F)c(F)c2)s1. The summed E-state index contributed by atoms with van der Waals surface area (Å²) in [5.41, 5.74) is 2.69. The van der Waals surface area contributed by atoms with E-state index in [2.05, 4.69) is 32.6 Å². The lowest BCUT2D eigenvalue weighted by Crippen LogP contribution is -2.14. The number of rotatable bonds is 10. The van der Waals surface area contributed by atoms with E-state index < -0.39 is 23.5 Å². The number of hydrogen-bond acceptors (Lipinski definition) is 8. The van der Waals surface area contributed by atoms with Crippen molar-refractivity contribution in [2.45, 2.75) is 50.9 Å². The van der Waals surface area contributed by atoms with Gasteiger partial charge in [-0.1, -0.05) is 11.2 Å². The van der Waals surface area contributed by atoms with Crippen LogP contribution >= 0.6 is 23.7 Å². The highest BCUT2D eigenvalue weighted by molar-refractivity contribution is 7.15. The molecule has 1 unspecified atom stereocenters. The number of nitrogens with one attached hydrogen (secondary N) is 1. The molecule has 38 heavy (non-hydrogen) atoms. The molecule has 3 aromatic heterocycles. The lowest BCUT2D eigenvalue weighted by molar-refractivity contribution is -0.137. The van der Waals surface area contributed by atoms with Crippen LogP contribution in [0.25, 0.3) is 10.6 Å². The first-order valence-corrected chi connectivity index (χ1v) is 12.9. The summed E-state index contributed by atoms with van der Waals surface area (Å²) < 4.78 is 32.3. The molecule has 0 saturated heterocycles. The Morgan fingerprint density at radius 3 is 2.84 bits per heavy atom. The van der Waals surface area contributed by atoms with Crippen LogP contribution in [0.1, 0.15) is 53.0 Å². The van der Waals surface area contributed by atoms with Crippen LogP contribution in [0.4, 0.5) is 14.6 Å². The lowest BCUT2D eigenvalue weighted by atomic mass is 10.0. The Bertz CT molecular complexity index is 1410. The largest absolute Gasteiger partial charge is 0.481 e. The van der Waals surface area contributed by atoms with Gasteiger partial charge in [0.25, 0.3) is 0 Å². The minimum absolute atomic E-state index is 0. The van der Waals surface area contributed by atoms with Gasteiger partial charge in [-0.15, -0.1) is 23.7 Å². The molecular weight excluding hydrogens is 536 g/mol. The Morgan fingerprint density at radius 2 is 2.03 bits per heavy atom. The van der Waals surface area contributed by atoms with Crippen LogP contribution in [0.3, 0.4) is 0 Å². The first-order chi connectivity index (χ1) is 17.9. The number of thiazole rings is 1. The number of nitrogens with zero attached hydrogens (tertiary/aromatic N) is 4. The van der Waals surface area contributed by atoms with E-state index in [9.17, 15) is 18.7 Å². The minimum Gasteiger partial charge on any atom is -0.481 e. The summed E-state index contributed by atoms with van der Waals surface area (Å²) >= 11 is 1.23. The summed E-state index contributed by atoms with van der Waals surface area (Å²) in [4.78, 5) is 25.7. The van der Waals surface area contributed by atoms with Crippen LogP contribution in [-0.2, 0) is 30.5 Å². The number of benzene rings is 1. The molecule has 4 heterocycles. The Labute approximate surface area is 228 Å². The molecule has 0 radical (unpaired) electrons. The zero-order valence-corrected chi connectivity index (χ0v) is 22.0. The van der Waals surface area contributed by atoms with Gasteiger partial charge in [-0.2, -0.15) is 4.98 Å². The molecule has 0 bridgehead atoms. The van der Waals surface area contributed by atoms with Crippen LogP contribution in [-0.4, -0.2) is 37.7 Å². The van der Waals surface area contributed by atoms with Crippen LogP contribution in [0.5, 0.6) is 0 Å². The molecular formula is C26H26ClF2N5O3S. The van der Waals surface area contributed by atoms with E-state index in [0.29, 0.717) is 33.6 Å². The van der Waals surface area contributed by atoms with Gasteiger partial charge in [0.15, 0.2) is 17.5 Å². The van der Waals surface area contributed by atoms with E-state index in [0.717, 1.165) is 55.9 Å². The lowest BCUT2D eigenvalue weighted by Gasteiger charge is -2.17. The Kier molecular flexibility index (Phi) is 9.01. The Balaban J connectivity index is 0.00000336. The van der Waals surface area contributed by atoms with Crippen molar-refractivity contribution in [3.63, 3.8) is 0 Å². The number of carbonyl (C=O) groups is 1. The van der Waals surface area contributed by atoms with Gasteiger partial charge in [-0.3, -0.25) is 4.79 Å². The van der Waals surface area contributed by atoms with Crippen molar-refractivity contribution in [2.75, 3.05) is 11.9 Å². The van der Waals surface area contributed by atoms with Gasteiger partial charge in [0.05, 0.1) is 6.42 Å². The zero-order chi connectivity index (χ0) is 25.8. The average Bonchev–Trinajstić information content (AvgIpc) is 3.55. The third kappa shape index (κ3) is 6.70. The molecule has 1 atom stereocenters. The highest BCUT2D eigenvalue weighted by Crippen LogP contribution is 2.34. The number of aliphatic carboxylic acids is 1. The first kappa shape index (κ1) is 27.6. The molecule has 12 heteroatoms. The molecule has 1 aromatic carbocycles. The van der Waals surface area contributed by atoms with E-state index in [-0.39, 0.29) is 25.2 Å². The van der Waals surface area contributed by atoms with Crippen molar-refractivity contribution in [3.05, 3.63) is 76.0 Å². The van der Waals surface area contributed by atoms with Gasteiger partial charge >= 0.3 is 5.97 Å². The van der Waals surface area contributed by atoms with Crippen molar-refractivity contribution in [2.24, 2.45) is 0 Å². The van der Waals surface area contributed by atoms with E-state index in [1.165, 1.54) is 23.0 Å². The Morgan fingerprint density at radius 1 is 1.16 bits per heavy atom. The van der Waals surface area contributed by atoms with Crippen molar-refractivity contribution >= 4 is 35.5 Å². The Hall–Kier alpha value is -3.44. The van der Waals surface area contributed by atoms with Crippen molar-refractivity contribution in [3.8, 4) is 10.6 Å². The van der Waals surface area contributed by atoms with E-state index in [4.69, 9.17) is 9.51 Å². The number of fused-ring (bicyclic) bond motifs is 1. The predicted molar refractivity (Wildman–Crippen MR) is 141 cm³/mol. The smallest absolute Gasteiger partial charge is 0.304 e. The maximum Gasteiger partial charge on any atom is 0.304 e. The van der Waals surface area contributed by atoms with Crippen molar-refractivity contribution in [1.29, 1.82) is 0 Å². The molecule has 0 spiro atoms. The number of halogens is 3. The standard InChI is InChI=1S/C26H25F2N5O3S.ClH/c27-19-9-7-16(11-20(19)28)26-30-14-21(37-26)17(13-24(34)35)12-23-32-22(33-36-23)5-1-4-18-8-6-15-3-2-10-29-25(15)31-18;/h6-9,11,14,17H,1-5,10,12-13H2,(H,29,31)(H,34,35);1H. The fourth-order valence-electron chi connectivity index (χ4n) is 4.34. The topological polar surface area (TPSA) is 114 Å². The van der Waals surface area contributed by atoms with Crippen LogP contribution < -0.4 is 5.32 Å². The van der Waals surface area contributed by atoms with Crippen LogP contribution in [0.15, 0.2) is 41.1 Å². The van der Waals surface area contributed by atoms with Crippen molar-refractivity contribution in [1.82, 2.24) is 20.1 Å². The summed E-state index contributed by atoms with van der Waals surface area (Å²) in [6.07, 6.45) is 6.01. The van der Waals surface area contributed by atoms with Gasteiger partial charge in [-0.05, 0) is 55.5 Å². The first-order valence-electron chi connectivity index (χ1n) is 12.1. The average molecular weight is 562 g/mol. The van der Waals surface area contributed by atoms with Gasteiger partial charge in [0.2, 0.25) is 5.89 Å². The highest BCUT2D eigenvalue weighted by atomic mass is 35.5. The van der Waals surface area contributed by atoms with Gasteiger partial charge in [0, 0.05) is 47.6 Å². The number of hydrogen-bond donors (Lipinski definition) is 2. The van der Waals surface area contributed by atoms with Crippen LogP contribution in [0.2, 0.25) is 0 Å². The number of pyridine rings is 1.